The molecule has 1 aromatic heterocycles. The van der Waals surface area contributed by atoms with Gasteiger partial charge in [-0.05, 0) is 49.7 Å². The van der Waals surface area contributed by atoms with Crippen LogP contribution in [0.3, 0.4) is 0 Å². The number of methoxy groups -OCH3 is 2. The van der Waals surface area contributed by atoms with Gasteiger partial charge in [-0.2, -0.15) is 0 Å². The van der Waals surface area contributed by atoms with Crippen LogP contribution in [0, 0.1) is 0 Å². The summed E-state index contributed by atoms with van der Waals surface area (Å²) in [7, 11) is 3.00. The number of amides is 3. The number of hydrogen-bond donors (Lipinski definition) is 1. The van der Waals surface area contributed by atoms with Crippen LogP contribution in [-0.4, -0.2) is 59.7 Å². The van der Waals surface area contributed by atoms with Gasteiger partial charge >= 0.3 is 0 Å². The summed E-state index contributed by atoms with van der Waals surface area (Å²) in [6, 6.07) is 18.7. The van der Waals surface area contributed by atoms with Crippen LogP contribution in [0.15, 0.2) is 72.1 Å². The van der Waals surface area contributed by atoms with Crippen molar-refractivity contribution in [3.05, 3.63) is 87.7 Å². The average Bonchev–Trinajstić information content (AvgIpc) is 3.62. The summed E-state index contributed by atoms with van der Waals surface area (Å²) in [5, 5.41) is 5.95. The summed E-state index contributed by atoms with van der Waals surface area (Å²) < 4.78 is 10.7. The minimum absolute atomic E-state index is 0.0216. The Morgan fingerprint density at radius 3 is 2.47 bits per heavy atom. The first-order chi connectivity index (χ1) is 21.6. The van der Waals surface area contributed by atoms with Gasteiger partial charge in [0, 0.05) is 22.0 Å². The van der Waals surface area contributed by atoms with Crippen LogP contribution in [0.1, 0.15) is 35.6 Å². The van der Waals surface area contributed by atoms with Crippen molar-refractivity contribution < 1.29 is 28.7 Å². The van der Waals surface area contributed by atoms with Crippen LogP contribution >= 0.6 is 22.9 Å². The molecule has 2 heterocycles. The van der Waals surface area contributed by atoms with E-state index in [4.69, 9.17) is 26.1 Å². The number of carbonyl (C=O) groups excluding carboxylic acids is 4. The van der Waals surface area contributed by atoms with Gasteiger partial charge in [0.05, 0.1) is 43.4 Å². The van der Waals surface area contributed by atoms with E-state index >= 15 is 0 Å². The van der Waals surface area contributed by atoms with Crippen molar-refractivity contribution in [1.82, 2.24) is 9.88 Å². The number of carbonyl (C=O) groups is 4. The molecule has 0 saturated carbocycles. The van der Waals surface area contributed by atoms with Gasteiger partial charge in [-0.15, -0.1) is 11.3 Å². The van der Waals surface area contributed by atoms with Gasteiger partial charge in [-0.3, -0.25) is 24.1 Å². The maximum Gasteiger partial charge on any atom is 0.299 e. The van der Waals surface area contributed by atoms with Crippen molar-refractivity contribution in [2.75, 3.05) is 31.0 Å². The van der Waals surface area contributed by atoms with E-state index in [0.29, 0.717) is 38.6 Å². The zero-order valence-corrected chi connectivity index (χ0v) is 26.7. The molecule has 0 saturated heterocycles. The summed E-state index contributed by atoms with van der Waals surface area (Å²) >= 11 is 7.39. The monoisotopic (exact) mass is 646 g/mol. The largest absolute Gasteiger partial charge is 0.497 e. The molecule has 12 heteroatoms. The maximum atomic E-state index is 14.2. The summed E-state index contributed by atoms with van der Waals surface area (Å²) in [6.45, 7) is 3.00. The minimum Gasteiger partial charge on any atom is -0.497 e. The van der Waals surface area contributed by atoms with Crippen molar-refractivity contribution in [3.8, 4) is 22.8 Å². The zero-order valence-electron chi connectivity index (χ0n) is 25.1. The zero-order chi connectivity index (χ0) is 32.3. The smallest absolute Gasteiger partial charge is 0.299 e. The molecule has 5 rings (SSSR count). The fourth-order valence-electron chi connectivity index (χ4n) is 5.07. The molecule has 0 aliphatic carbocycles. The lowest BCUT2D eigenvalue weighted by Gasteiger charge is -2.40. The van der Waals surface area contributed by atoms with Crippen molar-refractivity contribution in [3.63, 3.8) is 0 Å². The molecule has 4 aromatic rings. The molecule has 0 fully saturated rings. The Morgan fingerprint density at radius 2 is 1.78 bits per heavy atom. The second-order valence-electron chi connectivity index (χ2n) is 10.5. The third-order valence-corrected chi connectivity index (χ3v) is 8.97. The van der Waals surface area contributed by atoms with Crippen molar-refractivity contribution in [1.29, 1.82) is 0 Å². The summed E-state index contributed by atoms with van der Waals surface area (Å²) in [5.74, 6) is -1.55. The number of nitrogens with one attached hydrogen (secondary N) is 1. The average molecular weight is 647 g/mol. The van der Waals surface area contributed by atoms with E-state index in [1.165, 1.54) is 30.5 Å². The first kappa shape index (κ1) is 31.7. The second kappa shape index (κ2) is 13.1. The van der Waals surface area contributed by atoms with E-state index in [-0.39, 0.29) is 18.5 Å². The molecule has 10 nitrogen and oxygen atoms in total. The van der Waals surface area contributed by atoms with Gasteiger partial charge in [-0.1, -0.05) is 42.8 Å². The van der Waals surface area contributed by atoms with E-state index in [9.17, 15) is 19.2 Å². The fourth-order valence-corrected chi connectivity index (χ4v) is 5.99. The number of nitrogens with zero attached hydrogens (tertiary/aromatic N) is 3. The Labute approximate surface area is 269 Å². The third-order valence-electron chi connectivity index (χ3n) is 7.89. The molecule has 3 amide bonds. The summed E-state index contributed by atoms with van der Waals surface area (Å²) in [5.41, 5.74) is 1.12. The molecule has 1 aliphatic heterocycles. The molecule has 0 bridgehead atoms. The predicted octanol–water partition coefficient (Wildman–Crippen LogP) is 5.85. The van der Waals surface area contributed by atoms with E-state index < -0.39 is 35.6 Å². The highest BCUT2D eigenvalue weighted by Gasteiger charge is 2.44. The number of aromatic nitrogens is 1. The lowest BCUT2D eigenvalue weighted by Crippen LogP contribution is -2.58. The Bertz CT molecular complexity index is 1780. The standard InChI is InChI=1S/C33H31ClN4O6S/c1-5-33(2,32(42)36-24-15-14-22(43-3)16-27(24)44-4)38(17-28-35-25(19-45-28)20-10-12-21(34)13-11-20)29(39)18-37-26-9-7-6-8-23(26)30(40)31(37)41/h6-16,19H,5,17-18H2,1-4H3,(H,36,42). The minimum atomic E-state index is -1.40. The molecule has 1 N–H and O–H groups in total. The van der Waals surface area contributed by atoms with Crippen molar-refractivity contribution in [2.45, 2.75) is 32.4 Å². The first-order valence-electron chi connectivity index (χ1n) is 14.1. The van der Waals surface area contributed by atoms with Crippen LogP contribution in [-0.2, 0) is 20.9 Å². The number of Topliss-reactive ketones (excluding diaryl/α,β-unsaturated/α-hetero) is 1. The molecule has 1 aliphatic rings. The van der Waals surface area contributed by atoms with E-state index in [2.05, 4.69) is 5.32 Å². The van der Waals surface area contributed by atoms with Crippen molar-refractivity contribution in [2.24, 2.45) is 0 Å². The SMILES string of the molecule is CCC(C)(C(=O)Nc1ccc(OC)cc1OC)N(Cc1nc(-c2ccc(Cl)cc2)cs1)C(=O)CN1C(=O)C(=O)c2ccccc21. The lowest BCUT2D eigenvalue weighted by atomic mass is 9.94. The van der Waals surface area contributed by atoms with E-state index in [0.717, 1.165) is 10.5 Å². The van der Waals surface area contributed by atoms with Crippen LogP contribution < -0.4 is 19.7 Å². The number of ketones is 1. The number of anilines is 2. The van der Waals surface area contributed by atoms with Gasteiger partial charge in [0.15, 0.2) is 0 Å². The molecular weight excluding hydrogens is 616 g/mol. The van der Waals surface area contributed by atoms with Crippen molar-refractivity contribution >= 4 is 57.8 Å². The maximum absolute atomic E-state index is 14.2. The molecule has 232 valence electrons. The third kappa shape index (κ3) is 6.27. The lowest BCUT2D eigenvalue weighted by molar-refractivity contribution is -0.145. The molecule has 3 aromatic carbocycles. The number of halogens is 1. The highest BCUT2D eigenvalue weighted by atomic mass is 35.5. The van der Waals surface area contributed by atoms with Gasteiger partial charge in [0.1, 0.15) is 28.6 Å². The predicted molar refractivity (Wildman–Crippen MR) is 173 cm³/mol. The van der Waals surface area contributed by atoms with Crippen LogP contribution in [0.5, 0.6) is 11.5 Å². The molecule has 1 unspecified atom stereocenters. The quantitative estimate of drug-likeness (QED) is 0.203. The van der Waals surface area contributed by atoms with E-state index in [1.807, 2.05) is 17.5 Å². The Morgan fingerprint density at radius 1 is 1.04 bits per heavy atom. The van der Waals surface area contributed by atoms with Gasteiger partial charge in [0.25, 0.3) is 11.7 Å². The van der Waals surface area contributed by atoms with Crippen LogP contribution in [0.25, 0.3) is 11.3 Å². The Hall–Kier alpha value is -4.74. The molecule has 45 heavy (non-hydrogen) atoms. The highest BCUT2D eigenvalue weighted by molar-refractivity contribution is 7.09. The topological polar surface area (TPSA) is 118 Å². The van der Waals surface area contributed by atoms with Gasteiger partial charge < -0.3 is 19.7 Å². The molecule has 1 atom stereocenters. The molecular formula is C33H31ClN4O6S. The Balaban J connectivity index is 1.49. The fraction of sp³-hybridized carbons (Fsp3) is 0.242. The number of hydrogen-bond acceptors (Lipinski definition) is 8. The van der Waals surface area contributed by atoms with Gasteiger partial charge in [-0.25, -0.2) is 4.98 Å². The number of para-hydroxylation sites is 1. The number of rotatable bonds is 11. The number of fused-ring (bicyclic) bond motifs is 1. The van der Waals surface area contributed by atoms with Crippen LogP contribution in [0.4, 0.5) is 11.4 Å². The molecule has 0 spiro atoms. The van der Waals surface area contributed by atoms with E-state index in [1.54, 1.807) is 68.4 Å². The normalized spacial score (nSPS) is 13.7. The summed E-state index contributed by atoms with van der Waals surface area (Å²) in [4.78, 5) is 61.2. The Kier molecular flexibility index (Phi) is 9.21. The first-order valence-corrected chi connectivity index (χ1v) is 15.3. The summed E-state index contributed by atoms with van der Waals surface area (Å²) in [6.07, 6.45) is 0.224. The number of benzene rings is 3. The molecule has 0 radical (unpaired) electrons. The number of ether oxygens (including phenoxy) is 2. The van der Waals surface area contributed by atoms with Gasteiger partial charge in [0.2, 0.25) is 11.8 Å². The second-order valence-corrected chi connectivity index (χ2v) is 11.9. The van der Waals surface area contributed by atoms with Crippen LogP contribution in [0.2, 0.25) is 5.02 Å². The number of thiazole rings is 1. The highest BCUT2D eigenvalue weighted by Crippen LogP contribution is 2.34.